The van der Waals surface area contributed by atoms with E-state index in [9.17, 15) is 4.39 Å². The summed E-state index contributed by atoms with van der Waals surface area (Å²) in [6.45, 7) is 2.12. The normalized spacial score (nSPS) is 19.2. The largest absolute Gasteiger partial charge is 0.381 e. The number of hydrogen-bond donors (Lipinski definition) is 1. The molecule has 2 nitrogen and oxygen atoms in total. The van der Waals surface area contributed by atoms with Gasteiger partial charge in [0.1, 0.15) is 5.82 Å². The maximum atomic E-state index is 13.0. The summed E-state index contributed by atoms with van der Waals surface area (Å²) in [7, 11) is 0. The van der Waals surface area contributed by atoms with Crippen molar-refractivity contribution in [2.45, 2.75) is 24.9 Å². The molecule has 1 aromatic rings. The first-order chi connectivity index (χ1) is 8.24. The molecule has 1 aliphatic rings. The topological polar surface area (TPSA) is 21.3 Å². The maximum Gasteiger partial charge on any atom is 0.123 e. The molecule has 1 N–H and O–H groups in total. The highest BCUT2D eigenvalue weighted by molar-refractivity contribution is 6.18. The van der Waals surface area contributed by atoms with Gasteiger partial charge in [0, 0.05) is 31.2 Å². The van der Waals surface area contributed by atoms with Crippen LogP contribution in [0.1, 0.15) is 18.4 Å². The lowest BCUT2D eigenvalue weighted by Gasteiger charge is -2.36. The van der Waals surface area contributed by atoms with Crippen LogP contribution < -0.4 is 5.32 Å². The lowest BCUT2D eigenvalue weighted by Crippen LogP contribution is -2.50. The molecule has 0 aromatic heterocycles. The van der Waals surface area contributed by atoms with Gasteiger partial charge >= 0.3 is 0 Å². The molecule has 0 amide bonds. The lowest BCUT2D eigenvalue weighted by molar-refractivity contribution is 0.0459. The average Bonchev–Trinajstić information content (AvgIpc) is 2.38. The molecule has 1 fully saturated rings. The number of benzene rings is 1. The van der Waals surface area contributed by atoms with Crippen molar-refractivity contribution in [3.8, 4) is 0 Å². The fourth-order valence-electron chi connectivity index (χ4n) is 2.06. The molecule has 1 aromatic carbocycles. The Kier molecular flexibility index (Phi) is 4.37. The van der Waals surface area contributed by atoms with Crippen LogP contribution in [0.2, 0.25) is 0 Å². The monoisotopic (exact) mass is 257 g/mol. The van der Waals surface area contributed by atoms with Gasteiger partial charge in [-0.25, -0.2) is 4.39 Å². The van der Waals surface area contributed by atoms with E-state index in [-0.39, 0.29) is 11.4 Å². The molecule has 17 heavy (non-hydrogen) atoms. The molecule has 0 spiro atoms. The third-order valence-corrected chi connectivity index (χ3v) is 3.77. The highest BCUT2D eigenvalue weighted by atomic mass is 35.5. The summed E-state index contributed by atoms with van der Waals surface area (Å²) in [6, 6.07) is 6.64. The Bertz CT molecular complexity index is 366. The van der Waals surface area contributed by atoms with Crippen LogP contribution in [0.15, 0.2) is 24.3 Å². The van der Waals surface area contributed by atoms with Gasteiger partial charge in [-0.15, -0.1) is 11.6 Å². The highest BCUT2D eigenvalue weighted by Crippen LogP contribution is 2.22. The predicted octanol–water partition coefficient (Wildman–Crippen LogP) is 2.70. The maximum absolute atomic E-state index is 13.0. The summed E-state index contributed by atoms with van der Waals surface area (Å²) < 4.78 is 18.4. The minimum atomic E-state index is -0.198. The number of nitrogens with one attached hydrogen (secondary N) is 1. The summed E-state index contributed by atoms with van der Waals surface area (Å²) in [5.74, 6) is 0.363. The van der Waals surface area contributed by atoms with Crippen LogP contribution in [0.5, 0.6) is 0 Å². The van der Waals surface area contributed by atoms with Gasteiger partial charge in [-0.05, 0) is 30.5 Å². The van der Waals surface area contributed by atoms with Crippen molar-refractivity contribution in [3.05, 3.63) is 35.6 Å². The number of rotatable bonds is 4. The molecule has 0 bridgehead atoms. The van der Waals surface area contributed by atoms with E-state index in [1.165, 1.54) is 6.07 Å². The summed E-state index contributed by atoms with van der Waals surface area (Å²) in [5.41, 5.74) is 0.882. The summed E-state index contributed by atoms with van der Waals surface area (Å²) in [6.07, 6.45) is 1.82. The SMILES string of the molecule is Fc1cccc(CNC2(CCl)CCOCC2)c1. The lowest BCUT2D eigenvalue weighted by atomic mass is 9.92. The Balaban J connectivity index is 1.95. The van der Waals surface area contributed by atoms with Crippen LogP contribution in [-0.4, -0.2) is 24.6 Å². The van der Waals surface area contributed by atoms with E-state index in [2.05, 4.69) is 5.32 Å². The second-order valence-electron chi connectivity index (χ2n) is 4.51. The van der Waals surface area contributed by atoms with Gasteiger partial charge in [-0.1, -0.05) is 12.1 Å². The Hall–Kier alpha value is -0.640. The second-order valence-corrected chi connectivity index (χ2v) is 4.78. The molecule has 0 unspecified atom stereocenters. The van der Waals surface area contributed by atoms with Gasteiger partial charge in [-0.2, -0.15) is 0 Å². The summed E-state index contributed by atoms with van der Waals surface area (Å²) in [4.78, 5) is 0. The van der Waals surface area contributed by atoms with E-state index < -0.39 is 0 Å². The smallest absolute Gasteiger partial charge is 0.123 e. The summed E-state index contributed by atoms with van der Waals surface area (Å²) in [5, 5.41) is 3.45. The van der Waals surface area contributed by atoms with E-state index >= 15 is 0 Å². The summed E-state index contributed by atoms with van der Waals surface area (Å²) >= 11 is 6.04. The van der Waals surface area contributed by atoms with Gasteiger partial charge in [-0.3, -0.25) is 0 Å². The van der Waals surface area contributed by atoms with E-state index in [1.807, 2.05) is 6.07 Å². The van der Waals surface area contributed by atoms with Crippen LogP contribution in [0.25, 0.3) is 0 Å². The van der Waals surface area contributed by atoms with Gasteiger partial charge in [0.15, 0.2) is 0 Å². The molecule has 0 saturated carbocycles. The Morgan fingerprint density at radius 2 is 2.12 bits per heavy atom. The first-order valence-corrected chi connectivity index (χ1v) is 6.41. The van der Waals surface area contributed by atoms with Crippen molar-refractivity contribution >= 4 is 11.6 Å². The molecule has 0 atom stereocenters. The number of alkyl halides is 1. The molecule has 2 rings (SSSR count). The first kappa shape index (κ1) is 12.8. The van der Waals surface area contributed by atoms with Crippen molar-refractivity contribution in [1.29, 1.82) is 0 Å². The number of hydrogen-bond acceptors (Lipinski definition) is 2. The zero-order valence-corrected chi connectivity index (χ0v) is 10.5. The van der Waals surface area contributed by atoms with Crippen LogP contribution in [0.4, 0.5) is 4.39 Å². The van der Waals surface area contributed by atoms with Crippen molar-refractivity contribution < 1.29 is 9.13 Å². The fourth-order valence-corrected chi connectivity index (χ4v) is 2.42. The van der Waals surface area contributed by atoms with Crippen LogP contribution in [-0.2, 0) is 11.3 Å². The standard InChI is InChI=1S/C13H17ClFNO/c14-10-13(4-6-17-7-5-13)16-9-11-2-1-3-12(15)8-11/h1-3,8,16H,4-7,9-10H2. The van der Waals surface area contributed by atoms with E-state index in [4.69, 9.17) is 16.3 Å². The molecule has 1 heterocycles. The van der Waals surface area contributed by atoms with E-state index in [0.717, 1.165) is 31.6 Å². The molecule has 1 aliphatic heterocycles. The van der Waals surface area contributed by atoms with Crippen molar-refractivity contribution in [1.82, 2.24) is 5.32 Å². The third-order valence-electron chi connectivity index (χ3n) is 3.26. The minimum Gasteiger partial charge on any atom is -0.381 e. The molecule has 94 valence electrons. The third kappa shape index (κ3) is 3.41. The average molecular weight is 258 g/mol. The minimum absolute atomic E-state index is 0.0634. The van der Waals surface area contributed by atoms with Crippen LogP contribution in [0.3, 0.4) is 0 Å². The van der Waals surface area contributed by atoms with Gasteiger partial charge in [0.25, 0.3) is 0 Å². The highest BCUT2D eigenvalue weighted by Gasteiger charge is 2.30. The molecular weight excluding hydrogens is 241 g/mol. The number of halogens is 2. The molecule has 0 radical (unpaired) electrons. The van der Waals surface area contributed by atoms with Crippen LogP contribution >= 0.6 is 11.6 Å². The van der Waals surface area contributed by atoms with E-state index in [1.54, 1.807) is 12.1 Å². The zero-order valence-electron chi connectivity index (χ0n) is 9.72. The Labute approximate surface area is 106 Å². The van der Waals surface area contributed by atoms with Gasteiger partial charge in [0.2, 0.25) is 0 Å². The quantitative estimate of drug-likeness (QED) is 0.838. The molecule has 4 heteroatoms. The van der Waals surface area contributed by atoms with Gasteiger partial charge in [0.05, 0.1) is 0 Å². The first-order valence-electron chi connectivity index (χ1n) is 5.87. The second kappa shape index (κ2) is 5.80. The van der Waals surface area contributed by atoms with Crippen molar-refractivity contribution in [2.75, 3.05) is 19.1 Å². The molecule has 0 aliphatic carbocycles. The zero-order chi connectivity index (χ0) is 12.1. The molecule has 1 saturated heterocycles. The van der Waals surface area contributed by atoms with Gasteiger partial charge < -0.3 is 10.1 Å². The van der Waals surface area contributed by atoms with Crippen molar-refractivity contribution in [3.63, 3.8) is 0 Å². The van der Waals surface area contributed by atoms with Crippen molar-refractivity contribution in [2.24, 2.45) is 0 Å². The predicted molar refractivity (Wildman–Crippen MR) is 66.7 cm³/mol. The Morgan fingerprint density at radius 1 is 1.35 bits per heavy atom. The van der Waals surface area contributed by atoms with E-state index in [0.29, 0.717) is 12.4 Å². The fraction of sp³-hybridized carbons (Fsp3) is 0.538. The Morgan fingerprint density at radius 3 is 2.76 bits per heavy atom. The van der Waals surface area contributed by atoms with Crippen LogP contribution in [0, 0.1) is 5.82 Å². The number of ether oxygens (including phenoxy) is 1. The molecular formula is C13H17ClFNO.